The fourth-order valence-corrected chi connectivity index (χ4v) is 5.00. The molecular weight excluding hydrogens is 412 g/mol. The smallest absolute Gasteiger partial charge is 0.119 e. The van der Waals surface area contributed by atoms with Crippen LogP contribution in [0.5, 0.6) is 5.75 Å². The van der Waals surface area contributed by atoms with Gasteiger partial charge in [-0.25, -0.2) is 0 Å². The van der Waals surface area contributed by atoms with Crippen molar-refractivity contribution < 1.29 is 4.74 Å². The van der Waals surface area contributed by atoms with E-state index >= 15 is 0 Å². The van der Waals surface area contributed by atoms with Gasteiger partial charge in [-0.1, -0.05) is 81.3 Å². The summed E-state index contributed by atoms with van der Waals surface area (Å²) in [5, 5.41) is 0. The van der Waals surface area contributed by atoms with E-state index in [1.807, 2.05) is 0 Å². The molecule has 0 radical (unpaired) electrons. The molecule has 0 aromatic heterocycles. The minimum atomic E-state index is 0.736. The Bertz CT molecular complexity index is 1060. The Morgan fingerprint density at radius 3 is 1.79 bits per heavy atom. The summed E-state index contributed by atoms with van der Waals surface area (Å²) >= 11 is 0. The zero-order valence-corrected chi connectivity index (χ0v) is 20.9. The first-order chi connectivity index (χ1) is 16.7. The number of hydrogen-bond donors (Lipinski definition) is 0. The van der Waals surface area contributed by atoms with Gasteiger partial charge in [0.2, 0.25) is 0 Å². The zero-order valence-electron chi connectivity index (χ0n) is 20.9. The van der Waals surface area contributed by atoms with E-state index in [1.165, 1.54) is 55.2 Å². The zero-order chi connectivity index (χ0) is 23.6. The molecule has 3 aromatic carbocycles. The molecule has 1 fully saturated rings. The summed E-state index contributed by atoms with van der Waals surface area (Å²) in [5.74, 6) is 9.30. The summed E-state index contributed by atoms with van der Waals surface area (Å²) < 4.78 is 5.77. The second-order valence-electron chi connectivity index (χ2n) is 9.68. The Hall–Kier alpha value is -2.98. The Balaban J connectivity index is 1.33. The van der Waals surface area contributed by atoms with Crippen LogP contribution in [0.4, 0.5) is 0 Å². The molecule has 0 amide bonds. The van der Waals surface area contributed by atoms with Crippen molar-refractivity contribution in [1.29, 1.82) is 0 Å². The largest absolute Gasteiger partial charge is 0.494 e. The molecule has 1 saturated carbocycles. The minimum Gasteiger partial charge on any atom is -0.494 e. The second-order valence-corrected chi connectivity index (χ2v) is 9.68. The Labute approximate surface area is 206 Å². The van der Waals surface area contributed by atoms with Crippen LogP contribution < -0.4 is 4.74 Å². The Morgan fingerprint density at radius 2 is 1.24 bits per heavy atom. The van der Waals surface area contributed by atoms with Crippen LogP contribution in [0.3, 0.4) is 0 Å². The maximum Gasteiger partial charge on any atom is 0.119 e. The maximum absolute atomic E-state index is 5.77. The summed E-state index contributed by atoms with van der Waals surface area (Å²) in [5.41, 5.74) is 6.02. The van der Waals surface area contributed by atoms with Crippen LogP contribution in [-0.4, -0.2) is 6.61 Å². The van der Waals surface area contributed by atoms with E-state index in [4.69, 9.17) is 4.74 Å². The highest BCUT2D eigenvalue weighted by Gasteiger charge is 2.21. The molecule has 0 N–H and O–H groups in total. The van der Waals surface area contributed by atoms with Crippen LogP contribution in [-0.2, 0) is 0 Å². The monoisotopic (exact) mass is 450 g/mol. The van der Waals surface area contributed by atoms with Gasteiger partial charge in [0.1, 0.15) is 5.75 Å². The third-order valence-corrected chi connectivity index (χ3v) is 7.12. The van der Waals surface area contributed by atoms with Gasteiger partial charge in [-0.15, -0.1) is 0 Å². The summed E-state index contributed by atoms with van der Waals surface area (Å²) in [6, 6.07) is 25.9. The fourth-order valence-electron chi connectivity index (χ4n) is 5.00. The first-order valence-corrected chi connectivity index (χ1v) is 13.2. The quantitative estimate of drug-likeness (QED) is 0.246. The molecule has 0 unspecified atom stereocenters. The molecule has 1 aliphatic carbocycles. The lowest BCUT2D eigenvalue weighted by Gasteiger charge is -2.28. The second kappa shape index (κ2) is 12.5. The van der Waals surface area contributed by atoms with Gasteiger partial charge in [-0.2, -0.15) is 0 Å². The highest BCUT2D eigenvalue weighted by Crippen LogP contribution is 2.37. The SMILES string of the molecule is CCCCOc1ccc(-c2ccc(C#Cc3ccc([C@H]4CC[C@H](CCC)CC4)cc3)cc2)cc1. The van der Waals surface area contributed by atoms with Gasteiger partial charge in [0, 0.05) is 11.1 Å². The van der Waals surface area contributed by atoms with E-state index < -0.39 is 0 Å². The lowest BCUT2D eigenvalue weighted by Crippen LogP contribution is -2.13. The summed E-state index contributed by atoms with van der Waals surface area (Å²) in [4.78, 5) is 0. The molecule has 0 aliphatic heterocycles. The van der Waals surface area contributed by atoms with E-state index in [2.05, 4.69) is 98.5 Å². The Morgan fingerprint density at radius 1 is 0.676 bits per heavy atom. The van der Waals surface area contributed by atoms with Crippen molar-refractivity contribution in [3.63, 3.8) is 0 Å². The van der Waals surface area contributed by atoms with Crippen LogP contribution in [0, 0.1) is 17.8 Å². The molecule has 1 nitrogen and oxygen atoms in total. The van der Waals surface area contributed by atoms with Crippen molar-refractivity contribution in [2.75, 3.05) is 6.61 Å². The van der Waals surface area contributed by atoms with E-state index in [9.17, 15) is 0 Å². The van der Waals surface area contributed by atoms with Crippen LogP contribution >= 0.6 is 0 Å². The predicted octanol–water partition coefficient (Wildman–Crippen LogP) is 9.01. The third kappa shape index (κ3) is 6.77. The minimum absolute atomic E-state index is 0.736. The van der Waals surface area contributed by atoms with Crippen molar-refractivity contribution >= 4 is 0 Å². The van der Waals surface area contributed by atoms with Gasteiger partial charge >= 0.3 is 0 Å². The Kier molecular flexibility index (Phi) is 8.86. The summed E-state index contributed by atoms with van der Waals surface area (Å²) in [6.07, 6.45) is 10.5. The number of rotatable bonds is 8. The van der Waals surface area contributed by atoms with Gasteiger partial charge in [0.15, 0.2) is 0 Å². The average molecular weight is 451 g/mol. The average Bonchev–Trinajstić information content (AvgIpc) is 2.89. The van der Waals surface area contributed by atoms with Crippen LogP contribution in [0.1, 0.15) is 87.8 Å². The number of benzene rings is 3. The van der Waals surface area contributed by atoms with Crippen LogP contribution in [0.2, 0.25) is 0 Å². The molecule has 176 valence electrons. The number of unbranched alkanes of at least 4 members (excludes halogenated alkanes) is 1. The molecule has 34 heavy (non-hydrogen) atoms. The van der Waals surface area contributed by atoms with Gasteiger partial charge in [0.25, 0.3) is 0 Å². The number of hydrogen-bond acceptors (Lipinski definition) is 1. The van der Waals surface area contributed by atoms with E-state index in [-0.39, 0.29) is 0 Å². The van der Waals surface area contributed by atoms with Gasteiger partial charge in [-0.05, 0) is 97.0 Å². The normalized spacial score (nSPS) is 17.6. The van der Waals surface area contributed by atoms with Crippen LogP contribution in [0.15, 0.2) is 72.8 Å². The van der Waals surface area contributed by atoms with E-state index in [1.54, 1.807) is 0 Å². The molecule has 0 atom stereocenters. The standard InChI is InChI=1S/C33H38O/c1-3-5-25-34-33-23-21-32(22-24-33)31-19-13-28(14-20-31)8-7-27-11-17-30(18-12-27)29-15-9-26(6-4-2)10-16-29/h11-14,17-24,26,29H,3-6,9-10,15-16,25H2,1-2H3/t26-,29-. The molecular formula is C33H38O. The molecule has 0 heterocycles. The molecule has 0 spiro atoms. The van der Waals surface area contributed by atoms with Crippen molar-refractivity contribution in [3.05, 3.63) is 89.5 Å². The topological polar surface area (TPSA) is 9.23 Å². The first-order valence-electron chi connectivity index (χ1n) is 13.2. The van der Waals surface area contributed by atoms with Crippen molar-refractivity contribution in [1.82, 2.24) is 0 Å². The maximum atomic E-state index is 5.77. The van der Waals surface area contributed by atoms with Crippen molar-refractivity contribution in [2.24, 2.45) is 5.92 Å². The fraction of sp³-hybridized carbons (Fsp3) is 0.394. The van der Waals surface area contributed by atoms with Gasteiger partial charge in [0.05, 0.1) is 6.61 Å². The third-order valence-electron chi connectivity index (χ3n) is 7.12. The highest BCUT2D eigenvalue weighted by atomic mass is 16.5. The lowest BCUT2D eigenvalue weighted by molar-refractivity contribution is 0.308. The molecule has 1 heteroatoms. The van der Waals surface area contributed by atoms with Crippen LogP contribution in [0.25, 0.3) is 11.1 Å². The number of ether oxygens (including phenoxy) is 1. The van der Waals surface area contributed by atoms with Crippen molar-refractivity contribution in [3.8, 4) is 28.7 Å². The lowest BCUT2D eigenvalue weighted by atomic mass is 9.77. The first kappa shape index (κ1) is 24.2. The predicted molar refractivity (Wildman–Crippen MR) is 144 cm³/mol. The molecule has 1 aliphatic rings. The van der Waals surface area contributed by atoms with E-state index in [0.29, 0.717) is 0 Å². The van der Waals surface area contributed by atoms with Gasteiger partial charge in [-0.3, -0.25) is 0 Å². The molecule has 3 aromatic rings. The molecule has 0 bridgehead atoms. The summed E-state index contributed by atoms with van der Waals surface area (Å²) in [6.45, 7) is 5.27. The van der Waals surface area contributed by atoms with Gasteiger partial charge < -0.3 is 4.74 Å². The summed E-state index contributed by atoms with van der Waals surface area (Å²) in [7, 11) is 0. The van der Waals surface area contributed by atoms with Crippen molar-refractivity contribution in [2.45, 2.75) is 71.1 Å². The molecule has 4 rings (SSSR count). The molecule has 0 saturated heterocycles. The highest BCUT2D eigenvalue weighted by molar-refractivity contribution is 5.65. The van der Waals surface area contributed by atoms with E-state index in [0.717, 1.165) is 48.2 Å².